The van der Waals surface area contributed by atoms with Crippen LogP contribution in [0.25, 0.3) is 5.69 Å². The summed E-state index contributed by atoms with van der Waals surface area (Å²) in [6, 6.07) is 7.93. The molecule has 7 heteroatoms. The summed E-state index contributed by atoms with van der Waals surface area (Å²) in [6.45, 7) is 9.97. The van der Waals surface area contributed by atoms with Gasteiger partial charge in [-0.15, -0.1) is 5.10 Å². The van der Waals surface area contributed by atoms with E-state index in [2.05, 4.69) is 27.8 Å². The Balaban J connectivity index is 2.11. The Bertz CT molecular complexity index is 665. The van der Waals surface area contributed by atoms with Gasteiger partial charge in [0.15, 0.2) is 0 Å². The molecule has 124 valence electrons. The summed E-state index contributed by atoms with van der Waals surface area (Å²) in [6.07, 6.45) is 0.872. The number of hydrogen-bond acceptors (Lipinski definition) is 5. The first-order valence-corrected chi connectivity index (χ1v) is 8.54. The molecule has 0 fully saturated rings. The highest BCUT2D eigenvalue weighted by Gasteiger charge is 2.24. The van der Waals surface area contributed by atoms with Crippen molar-refractivity contribution in [3.05, 3.63) is 29.8 Å². The summed E-state index contributed by atoms with van der Waals surface area (Å²) in [7, 11) is 0. The molecule has 1 aromatic heterocycles. The molecule has 0 spiro atoms. The number of rotatable bonds is 6. The smallest absolute Gasteiger partial charge is 0.233 e. The highest BCUT2D eigenvalue weighted by Crippen LogP contribution is 2.23. The summed E-state index contributed by atoms with van der Waals surface area (Å²) >= 11 is 1.35. The van der Waals surface area contributed by atoms with E-state index in [1.165, 1.54) is 17.3 Å². The Morgan fingerprint density at radius 3 is 2.61 bits per heavy atom. The number of nitrogens with zero attached hydrogens (tertiary/aromatic N) is 4. The van der Waals surface area contributed by atoms with Crippen LogP contribution in [0, 0.1) is 6.92 Å². The molecule has 1 aromatic carbocycles. The average molecular weight is 333 g/mol. The van der Waals surface area contributed by atoms with Gasteiger partial charge in [-0.25, -0.2) is 0 Å². The summed E-state index contributed by atoms with van der Waals surface area (Å²) in [5, 5.41) is 15.2. The zero-order valence-electron chi connectivity index (χ0n) is 14.2. The minimum absolute atomic E-state index is 0.0136. The number of carbonyl (C=O) groups is 1. The quantitative estimate of drug-likeness (QED) is 0.823. The number of amides is 1. The molecule has 0 aliphatic rings. The zero-order valence-corrected chi connectivity index (χ0v) is 15.0. The second-order valence-electron chi connectivity index (χ2n) is 6.20. The third kappa shape index (κ3) is 4.54. The van der Waals surface area contributed by atoms with Crippen LogP contribution in [0.5, 0.6) is 0 Å². The Kier molecular flexibility index (Phi) is 5.41. The second kappa shape index (κ2) is 7.12. The Hall–Kier alpha value is -1.89. The van der Waals surface area contributed by atoms with Crippen LogP contribution in [0.2, 0.25) is 0 Å². The van der Waals surface area contributed by atoms with Gasteiger partial charge in [0.1, 0.15) is 0 Å². The van der Waals surface area contributed by atoms with E-state index >= 15 is 0 Å². The summed E-state index contributed by atoms with van der Waals surface area (Å²) < 4.78 is 1.65. The number of aryl methyl sites for hydroxylation is 1. The molecular formula is C16H23N5OS. The van der Waals surface area contributed by atoms with Crippen LogP contribution in [-0.2, 0) is 4.79 Å². The van der Waals surface area contributed by atoms with Crippen molar-refractivity contribution in [3.63, 3.8) is 0 Å². The molecule has 23 heavy (non-hydrogen) atoms. The maximum Gasteiger partial charge on any atom is 0.233 e. The number of benzene rings is 1. The Labute approximate surface area is 141 Å². The number of thioether (sulfide) groups is 1. The van der Waals surface area contributed by atoms with Crippen LogP contribution in [0.3, 0.4) is 0 Å². The molecule has 1 heterocycles. The van der Waals surface area contributed by atoms with Gasteiger partial charge in [0.2, 0.25) is 11.1 Å². The van der Waals surface area contributed by atoms with Crippen molar-refractivity contribution in [2.45, 2.75) is 57.0 Å². The maximum atomic E-state index is 12.3. The van der Waals surface area contributed by atoms with E-state index in [0.29, 0.717) is 5.16 Å². The lowest BCUT2D eigenvalue weighted by Crippen LogP contribution is -2.46. The third-order valence-electron chi connectivity index (χ3n) is 3.72. The zero-order chi connectivity index (χ0) is 17.0. The van der Waals surface area contributed by atoms with Crippen LogP contribution < -0.4 is 5.32 Å². The summed E-state index contributed by atoms with van der Waals surface area (Å²) in [5.74, 6) is -0.0136. The molecule has 2 aromatic rings. The average Bonchev–Trinajstić information content (AvgIpc) is 2.95. The minimum Gasteiger partial charge on any atom is -0.350 e. The van der Waals surface area contributed by atoms with E-state index in [0.717, 1.165) is 12.1 Å². The lowest BCUT2D eigenvalue weighted by molar-refractivity contribution is -0.121. The van der Waals surface area contributed by atoms with Crippen LogP contribution in [0.15, 0.2) is 29.4 Å². The van der Waals surface area contributed by atoms with Crippen molar-refractivity contribution >= 4 is 17.7 Å². The van der Waals surface area contributed by atoms with Crippen molar-refractivity contribution in [1.29, 1.82) is 0 Å². The van der Waals surface area contributed by atoms with Crippen LogP contribution in [0.1, 0.15) is 39.7 Å². The predicted octanol–water partition coefficient (Wildman–Crippen LogP) is 2.76. The highest BCUT2D eigenvalue weighted by molar-refractivity contribution is 8.00. The van der Waals surface area contributed by atoms with Crippen molar-refractivity contribution in [3.8, 4) is 5.69 Å². The molecule has 0 aliphatic heterocycles. The predicted molar refractivity (Wildman–Crippen MR) is 91.7 cm³/mol. The minimum atomic E-state index is -0.281. The second-order valence-corrected chi connectivity index (χ2v) is 7.50. The van der Waals surface area contributed by atoms with Gasteiger partial charge in [-0.3, -0.25) is 4.79 Å². The van der Waals surface area contributed by atoms with Crippen LogP contribution in [0.4, 0.5) is 0 Å². The molecule has 0 bridgehead atoms. The third-order valence-corrected chi connectivity index (χ3v) is 4.75. The molecule has 0 radical (unpaired) electrons. The molecule has 0 aliphatic carbocycles. The lowest BCUT2D eigenvalue weighted by atomic mass is 10.0. The van der Waals surface area contributed by atoms with Gasteiger partial charge in [-0.2, -0.15) is 4.68 Å². The topological polar surface area (TPSA) is 72.7 Å². The molecule has 0 saturated carbocycles. The van der Waals surface area contributed by atoms with Gasteiger partial charge in [0, 0.05) is 5.54 Å². The lowest BCUT2D eigenvalue weighted by Gasteiger charge is -2.26. The summed E-state index contributed by atoms with van der Waals surface area (Å²) in [5.41, 5.74) is 1.84. The fourth-order valence-electron chi connectivity index (χ4n) is 1.84. The van der Waals surface area contributed by atoms with Crippen molar-refractivity contribution < 1.29 is 4.79 Å². The maximum absolute atomic E-state index is 12.3. The van der Waals surface area contributed by atoms with E-state index in [1.807, 2.05) is 52.0 Å². The molecule has 1 amide bonds. The van der Waals surface area contributed by atoms with E-state index < -0.39 is 0 Å². The number of carbonyl (C=O) groups excluding carboxylic acids is 1. The molecular weight excluding hydrogens is 310 g/mol. The standard InChI is InChI=1S/C16H23N5OS/c1-6-16(4,5)17-14(22)12(3)23-15-18-19-20-21(15)13-9-7-11(2)8-10-13/h7-10,12H,6H2,1-5H3,(H,17,22). The van der Waals surface area contributed by atoms with Crippen molar-refractivity contribution in [2.75, 3.05) is 0 Å². The highest BCUT2D eigenvalue weighted by atomic mass is 32.2. The normalized spacial score (nSPS) is 12.9. The Morgan fingerprint density at radius 2 is 2.00 bits per heavy atom. The summed E-state index contributed by atoms with van der Waals surface area (Å²) in [4.78, 5) is 12.3. The fraction of sp³-hybridized carbons (Fsp3) is 0.500. The molecule has 2 rings (SSSR count). The SMILES string of the molecule is CCC(C)(C)NC(=O)C(C)Sc1nnnn1-c1ccc(C)cc1. The van der Waals surface area contributed by atoms with Crippen molar-refractivity contribution in [1.82, 2.24) is 25.5 Å². The Morgan fingerprint density at radius 1 is 1.35 bits per heavy atom. The molecule has 1 atom stereocenters. The van der Waals surface area contributed by atoms with Gasteiger partial charge >= 0.3 is 0 Å². The van der Waals surface area contributed by atoms with Crippen LogP contribution in [-0.4, -0.2) is 36.9 Å². The number of hydrogen-bond donors (Lipinski definition) is 1. The first-order valence-electron chi connectivity index (χ1n) is 7.66. The van der Waals surface area contributed by atoms with Gasteiger partial charge in [-0.05, 0) is 56.7 Å². The van der Waals surface area contributed by atoms with E-state index in [1.54, 1.807) is 4.68 Å². The number of nitrogens with one attached hydrogen (secondary N) is 1. The largest absolute Gasteiger partial charge is 0.350 e. The van der Waals surface area contributed by atoms with E-state index in [9.17, 15) is 4.79 Å². The van der Waals surface area contributed by atoms with Gasteiger partial charge < -0.3 is 5.32 Å². The first kappa shape index (κ1) is 17.5. The van der Waals surface area contributed by atoms with E-state index in [-0.39, 0.29) is 16.7 Å². The van der Waals surface area contributed by atoms with Gasteiger partial charge in [0.05, 0.1) is 10.9 Å². The van der Waals surface area contributed by atoms with Crippen molar-refractivity contribution in [2.24, 2.45) is 0 Å². The first-order chi connectivity index (χ1) is 10.8. The molecule has 0 saturated heterocycles. The molecule has 1 unspecified atom stereocenters. The van der Waals surface area contributed by atoms with Crippen LogP contribution >= 0.6 is 11.8 Å². The van der Waals surface area contributed by atoms with Gasteiger partial charge in [-0.1, -0.05) is 36.4 Å². The molecule has 6 nitrogen and oxygen atoms in total. The number of aromatic nitrogens is 4. The fourth-order valence-corrected chi connectivity index (χ4v) is 2.64. The van der Waals surface area contributed by atoms with E-state index in [4.69, 9.17) is 0 Å². The number of tetrazole rings is 1. The monoisotopic (exact) mass is 333 g/mol. The van der Waals surface area contributed by atoms with Gasteiger partial charge in [0.25, 0.3) is 0 Å². The molecule has 1 N–H and O–H groups in total.